The maximum atomic E-state index is 13.4. The molecular weight excluding hydrogens is 476 g/mol. The summed E-state index contributed by atoms with van der Waals surface area (Å²) in [5.74, 6) is -2.28. The minimum Gasteiger partial charge on any atom is -0.475 e. The molecule has 1 aliphatic rings. The molecule has 1 fully saturated rings. The fraction of sp³-hybridized carbons (Fsp3) is 0.231. The monoisotopic (exact) mass is 500 g/mol. The van der Waals surface area contributed by atoms with Crippen molar-refractivity contribution in [3.05, 3.63) is 78.1 Å². The number of carboxylic acids is 1. The topological polar surface area (TPSA) is 95.2 Å². The van der Waals surface area contributed by atoms with E-state index in [1.165, 1.54) is 23.3 Å². The average molecular weight is 500 g/mol. The van der Waals surface area contributed by atoms with Gasteiger partial charge in [0.05, 0.1) is 11.0 Å². The highest BCUT2D eigenvalue weighted by Gasteiger charge is 2.38. The van der Waals surface area contributed by atoms with E-state index in [1.807, 2.05) is 0 Å². The maximum absolute atomic E-state index is 13.4. The minimum atomic E-state index is -5.08. The second-order valence-electron chi connectivity index (χ2n) is 8.61. The highest BCUT2D eigenvalue weighted by Crippen LogP contribution is 2.26. The Morgan fingerprint density at radius 1 is 1.06 bits per heavy atom. The predicted molar refractivity (Wildman–Crippen MR) is 128 cm³/mol. The van der Waals surface area contributed by atoms with E-state index in [-0.39, 0.29) is 5.82 Å². The summed E-state index contributed by atoms with van der Waals surface area (Å²) in [6.45, 7) is 2.98. The van der Waals surface area contributed by atoms with Gasteiger partial charge in [-0.25, -0.2) is 14.2 Å². The largest absolute Gasteiger partial charge is 0.490 e. The highest BCUT2D eigenvalue weighted by atomic mass is 19.4. The molecular formula is C26H24F4N4O2. The van der Waals surface area contributed by atoms with Crippen LogP contribution in [0.25, 0.3) is 33.5 Å². The number of halogens is 4. The van der Waals surface area contributed by atoms with E-state index in [1.54, 1.807) is 6.07 Å². The van der Waals surface area contributed by atoms with Crippen LogP contribution in [0, 0.1) is 5.82 Å². The van der Waals surface area contributed by atoms with Gasteiger partial charge in [0.25, 0.3) is 0 Å². The molecule has 1 aromatic heterocycles. The maximum Gasteiger partial charge on any atom is 0.490 e. The third kappa shape index (κ3) is 6.27. The van der Waals surface area contributed by atoms with Crippen molar-refractivity contribution in [2.45, 2.75) is 25.2 Å². The van der Waals surface area contributed by atoms with E-state index in [2.05, 4.69) is 63.4 Å². The first-order chi connectivity index (χ1) is 17.1. The number of likely N-dealkylation sites (tertiary alicyclic amines) is 1. The lowest BCUT2D eigenvalue weighted by Gasteiger charge is -2.15. The first-order valence-corrected chi connectivity index (χ1v) is 11.2. The molecule has 6 nitrogen and oxygen atoms in total. The SMILES string of the molecule is NC1CCN(Cc2cccc(-c3ccc(-c4nc5ccc(F)cc5[nH]4)cc3)c2)C1.O=C(O)C(F)(F)F. The zero-order chi connectivity index (χ0) is 25.9. The number of hydrogen-bond donors (Lipinski definition) is 3. The Kier molecular flexibility index (Phi) is 7.37. The number of H-pyrrole nitrogens is 1. The van der Waals surface area contributed by atoms with E-state index in [9.17, 15) is 17.6 Å². The van der Waals surface area contributed by atoms with Gasteiger partial charge in [-0.1, -0.05) is 42.5 Å². The molecule has 1 saturated heterocycles. The highest BCUT2D eigenvalue weighted by molar-refractivity contribution is 5.80. The van der Waals surface area contributed by atoms with Gasteiger partial charge in [-0.05, 0) is 47.4 Å². The van der Waals surface area contributed by atoms with Crippen molar-refractivity contribution in [3.8, 4) is 22.5 Å². The van der Waals surface area contributed by atoms with Crippen LogP contribution in [-0.2, 0) is 11.3 Å². The summed E-state index contributed by atoms with van der Waals surface area (Å²) in [6.07, 6.45) is -4.00. The van der Waals surface area contributed by atoms with Crippen molar-refractivity contribution in [3.63, 3.8) is 0 Å². The quantitative estimate of drug-likeness (QED) is 0.335. The average Bonchev–Trinajstić information content (AvgIpc) is 3.44. The third-order valence-corrected chi connectivity index (χ3v) is 5.82. The molecule has 1 unspecified atom stereocenters. The smallest absolute Gasteiger partial charge is 0.475 e. The van der Waals surface area contributed by atoms with Crippen molar-refractivity contribution in [2.24, 2.45) is 5.73 Å². The lowest BCUT2D eigenvalue weighted by Crippen LogP contribution is -2.26. The van der Waals surface area contributed by atoms with Crippen LogP contribution in [0.1, 0.15) is 12.0 Å². The number of hydrogen-bond acceptors (Lipinski definition) is 4. The van der Waals surface area contributed by atoms with Crippen LogP contribution in [0.15, 0.2) is 66.7 Å². The minimum absolute atomic E-state index is 0.265. The third-order valence-electron chi connectivity index (χ3n) is 5.82. The van der Waals surface area contributed by atoms with Crippen LogP contribution < -0.4 is 5.73 Å². The Morgan fingerprint density at radius 3 is 2.39 bits per heavy atom. The number of nitrogens with zero attached hydrogens (tertiary/aromatic N) is 2. The molecule has 0 saturated carbocycles. The molecule has 0 aliphatic carbocycles. The number of carbonyl (C=O) groups is 1. The first-order valence-electron chi connectivity index (χ1n) is 11.2. The number of nitrogens with one attached hydrogen (secondary N) is 1. The summed E-state index contributed by atoms with van der Waals surface area (Å²) < 4.78 is 45.1. The molecule has 1 atom stereocenters. The van der Waals surface area contributed by atoms with Gasteiger partial charge in [0.1, 0.15) is 11.6 Å². The van der Waals surface area contributed by atoms with E-state index in [0.717, 1.165) is 48.5 Å². The van der Waals surface area contributed by atoms with Crippen LogP contribution in [0.4, 0.5) is 17.6 Å². The molecule has 4 aromatic rings. The lowest BCUT2D eigenvalue weighted by atomic mass is 10.0. The van der Waals surface area contributed by atoms with Crippen molar-refractivity contribution < 1.29 is 27.5 Å². The van der Waals surface area contributed by atoms with Crippen molar-refractivity contribution in [1.29, 1.82) is 0 Å². The van der Waals surface area contributed by atoms with Crippen LogP contribution in [0.2, 0.25) is 0 Å². The molecule has 36 heavy (non-hydrogen) atoms. The molecule has 1 aliphatic heterocycles. The molecule has 2 heterocycles. The Balaban J connectivity index is 0.000000384. The standard InChI is InChI=1S/C24H23FN4.C2HF3O2/c25-20-8-9-22-23(13-20)28-24(27-22)18-6-4-17(5-7-18)19-3-1-2-16(12-19)14-29-11-10-21(26)15-29;3-2(4,5)1(6)7/h1-9,12-13,21H,10-11,14-15,26H2,(H,27,28);(H,6,7). The lowest BCUT2D eigenvalue weighted by molar-refractivity contribution is -0.192. The summed E-state index contributed by atoms with van der Waals surface area (Å²) in [7, 11) is 0. The number of alkyl halides is 3. The molecule has 3 aromatic carbocycles. The van der Waals surface area contributed by atoms with Crippen LogP contribution in [0.5, 0.6) is 0 Å². The van der Waals surface area contributed by atoms with Crippen molar-refractivity contribution >= 4 is 17.0 Å². The number of fused-ring (bicyclic) bond motifs is 1. The second kappa shape index (κ2) is 10.5. The normalized spacial score (nSPS) is 16.1. The molecule has 0 bridgehead atoms. The zero-order valence-corrected chi connectivity index (χ0v) is 19.1. The Bertz CT molecular complexity index is 1350. The van der Waals surface area contributed by atoms with Gasteiger partial charge >= 0.3 is 12.1 Å². The van der Waals surface area contributed by atoms with Gasteiger partial charge in [0.2, 0.25) is 0 Å². The summed E-state index contributed by atoms with van der Waals surface area (Å²) in [5.41, 5.74) is 12.1. The van der Waals surface area contributed by atoms with Crippen molar-refractivity contribution in [1.82, 2.24) is 14.9 Å². The van der Waals surface area contributed by atoms with E-state index < -0.39 is 12.1 Å². The van der Waals surface area contributed by atoms with E-state index in [4.69, 9.17) is 15.6 Å². The van der Waals surface area contributed by atoms with Gasteiger partial charge in [-0.3, -0.25) is 4.90 Å². The first kappa shape index (κ1) is 25.3. The number of aromatic nitrogens is 2. The van der Waals surface area contributed by atoms with Gasteiger partial charge < -0.3 is 15.8 Å². The summed E-state index contributed by atoms with van der Waals surface area (Å²) in [4.78, 5) is 19.1. The van der Waals surface area contributed by atoms with Crippen LogP contribution >= 0.6 is 0 Å². The number of rotatable bonds is 4. The van der Waals surface area contributed by atoms with Crippen molar-refractivity contribution in [2.75, 3.05) is 13.1 Å². The molecule has 4 N–H and O–H groups in total. The molecule has 0 radical (unpaired) electrons. The number of aliphatic carboxylic acids is 1. The van der Waals surface area contributed by atoms with Gasteiger partial charge in [-0.2, -0.15) is 13.2 Å². The Morgan fingerprint density at radius 2 is 1.75 bits per heavy atom. The summed E-state index contributed by atoms with van der Waals surface area (Å²) in [6, 6.07) is 21.9. The predicted octanol–water partition coefficient (Wildman–Crippen LogP) is 5.20. The molecule has 188 valence electrons. The Hall–Kier alpha value is -3.76. The molecule has 5 rings (SSSR count). The van der Waals surface area contributed by atoms with Crippen LogP contribution in [0.3, 0.4) is 0 Å². The van der Waals surface area contributed by atoms with E-state index in [0.29, 0.717) is 11.6 Å². The molecule has 0 spiro atoms. The number of carboxylic acid groups (broad SMARTS) is 1. The van der Waals surface area contributed by atoms with E-state index >= 15 is 0 Å². The number of benzene rings is 3. The number of nitrogens with two attached hydrogens (primary N) is 1. The van der Waals surface area contributed by atoms with Crippen LogP contribution in [-0.4, -0.2) is 51.3 Å². The van der Waals surface area contributed by atoms with Gasteiger partial charge in [0, 0.05) is 31.2 Å². The van der Waals surface area contributed by atoms with Gasteiger partial charge in [-0.15, -0.1) is 0 Å². The number of imidazole rings is 1. The second-order valence-corrected chi connectivity index (χ2v) is 8.61. The fourth-order valence-electron chi connectivity index (χ4n) is 4.05. The molecule has 10 heteroatoms. The number of aromatic amines is 1. The fourth-order valence-corrected chi connectivity index (χ4v) is 4.05. The summed E-state index contributed by atoms with van der Waals surface area (Å²) >= 11 is 0. The summed E-state index contributed by atoms with van der Waals surface area (Å²) in [5, 5.41) is 7.12. The molecule has 0 amide bonds. The van der Waals surface area contributed by atoms with Gasteiger partial charge in [0.15, 0.2) is 0 Å². The Labute approximate surface area is 204 Å². The zero-order valence-electron chi connectivity index (χ0n) is 19.1.